The highest BCUT2D eigenvalue weighted by molar-refractivity contribution is 9.10. The van der Waals surface area contributed by atoms with Crippen LogP contribution in [0, 0.1) is 0 Å². The third kappa shape index (κ3) is 2.33. The van der Waals surface area contributed by atoms with Gasteiger partial charge in [-0.2, -0.15) is 13.2 Å². The zero-order chi connectivity index (χ0) is 13.5. The van der Waals surface area contributed by atoms with E-state index in [-0.39, 0.29) is 10.2 Å². The Hall–Kier alpha value is -1.57. The van der Waals surface area contributed by atoms with Crippen LogP contribution in [0.15, 0.2) is 22.7 Å². The van der Waals surface area contributed by atoms with Crippen molar-refractivity contribution in [2.24, 2.45) is 0 Å². The summed E-state index contributed by atoms with van der Waals surface area (Å²) in [5.74, 6) is -0.629. The number of nitrogens with zero attached hydrogens (tertiary/aromatic N) is 1. The average Bonchev–Trinajstić information content (AvgIpc) is 2.56. The standard InChI is InChI=1S/C10H6BrF3N2O2/c11-5-1-2-7(6(3-5)10(12,13)14)16-4-8(17)15-9(16)18/h1-3H,4H2,(H,15,17,18). The first kappa shape index (κ1) is 12.9. The lowest BCUT2D eigenvalue weighted by atomic mass is 10.1. The molecule has 3 amide bonds. The van der Waals surface area contributed by atoms with E-state index in [1.807, 2.05) is 5.32 Å². The van der Waals surface area contributed by atoms with Crippen molar-refractivity contribution in [3.8, 4) is 0 Å². The van der Waals surface area contributed by atoms with E-state index in [2.05, 4.69) is 15.9 Å². The average molecular weight is 323 g/mol. The largest absolute Gasteiger partial charge is 0.418 e. The molecule has 1 aliphatic rings. The number of amides is 3. The molecule has 1 heterocycles. The Kier molecular flexibility index (Phi) is 3.05. The lowest BCUT2D eigenvalue weighted by Gasteiger charge is -2.19. The quantitative estimate of drug-likeness (QED) is 0.808. The Morgan fingerprint density at radius 1 is 1.28 bits per heavy atom. The van der Waals surface area contributed by atoms with Crippen molar-refractivity contribution in [1.82, 2.24) is 5.32 Å². The van der Waals surface area contributed by atoms with Crippen molar-refractivity contribution in [2.75, 3.05) is 11.4 Å². The summed E-state index contributed by atoms with van der Waals surface area (Å²) in [5.41, 5.74) is -1.31. The minimum absolute atomic E-state index is 0.240. The summed E-state index contributed by atoms with van der Waals surface area (Å²) >= 11 is 2.94. The minimum Gasteiger partial charge on any atom is -0.284 e. The van der Waals surface area contributed by atoms with Crippen LogP contribution in [0.25, 0.3) is 0 Å². The second-order valence-corrected chi connectivity index (χ2v) is 4.51. The van der Waals surface area contributed by atoms with Crippen molar-refractivity contribution in [3.63, 3.8) is 0 Å². The monoisotopic (exact) mass is 322 g/mol. The van der Waals surface area contributed by atoms with Crippen LogP contribution in [0.4, 0.5) is 23.7 Å². The first-order valence-electron chi connectivity index (χ1n) is 4.77. The SMILES string of the molecule is O=C1CN(c2ccc(Br)cc2C(F)(F)F)C(=O)N1. The van der Waals surface area contributed by atoms with E-state index in [0.717, 1.165) is 17.0 Å². The fourth-order valence-corrected chi connectivity index (χ4v) is 1.97. The fraction of sp³-hybridized carbons (Fsp3) is 0.200. The molecule has 0 saturated carbocycles. The number of rotatable bonds is 1. The lowest BCUT2D eigenvalue weighted by Crippen LogP contribution is -2.29. The number of hydrogen-bond acceptors (Lipinski definition) is 2. The van der Waals surface area contributed by atoms with Crippen LogP contribution in [-0.2, 0) is 11.0 Å². The maximum Gasteiger partial charge on any atom is 0.418 e. The number of carbonyl (C=O) groups excluding carboxylic acids is 2. The zero-order valence-corrected chi connectivity index (χ0v) is 10.3. The van der Waals surface area contributed by atoms with Crippen molar-refractivity contribution in [2.45, 2.75) is 6.18 Å². The molecule has 1 aromatic carbocycles. The van der Waals surface area contributed by atoms with Gasteiger partial charge in [-0.15, -0.1) is 0 Å². The van der Waals surface area contributed by atoms with Gasteiger partial charge in [-0.05, 0) is 18.2 Å². The molecule has 0 unspecified atom stereocenters. The van der Waals surface area contributed by atoms with Crippen molar-refractivity contribution >= 4 is 33.6 Å². The number of alkyl halides is 3. The molecule has 0 atom stereocenters. The van der Waals surface area contributed by atoms with Gasteiger partial charge in [-0.25, -0.2) is 4.79 Å². The molecule has 0 aromatic heterocycles. The van der Waals surface area contributed by atoms with Gasteiger partial charge in [0.05, 0.1) is 11.3 Å². The number of halogens is 4. The zero-order valence-electron chi connectivity index (χ0n) is 8.71. The highest BCUT2D eigenvalue weighted by Gasteiger charge is 2.38. The van der Waals surface area contributed by atoms with Gasteiger partial charge >= 0.3 is 12.2 Å². The van der Waals surface area contributed by atoms with Gasteiger partial charge in [0.1, 0.15) is 6.54 Å². The molecular formula is C10H6BrF3N2O2. The van der Waals surface area contributed by atoms with E-state index < -0.39 is 30.2 Å². The third-order valence-electron chi connectivity index (χ3n) is 2.35. The lowest BCUT2D eigenvalue weighted by molar-refractivity contribution is -0.137. The number of benzene rings is 1. The van der Waals surface area contributed by atoms with Crippen LogP contribution in [-0.4, -0.2) is 18.5 Å². The van der Waals surface area contributed by atoms with Gasteiger partial charge in [0, 0.05) is 4.47 Å². The molecule has 1 fully saturated rings. The van der Waals surface area contributed by atoms with E-state index >= 15 is 0 Å². The van der Waals surface area contributed by atoms with E-state index in [4.69, 9.17) is 0 Å². The predicted octanol–water partition coefficient (Wildman–Crippen LogP) is 2.52. The maximum absolute atomic E-state index is 12.8. The molecule has 96 valence electrons. The van der Waals surface area contributed by atoms with E-state index in [1.165, 1.54) is 6.07 Å². The van der Waals surface area contributed by atoms with Crippen LogP contribution in [0.2, 0.25) is 0 Å². The Morgan fingerprint density at radius 3 is 2.44 bits per heavy atom. The number of nitrogens with one attached hydrogen (secondary N) is 1. The molecule has 0 bridgehead atoms. The molecule has 0 radical (unpaired) electrons. The van der Waals surface area contributed by atoms with Gasteiger partial charge in [0.2, 0.25) is 5.91 Å². The van der Waals surface area contributed by atoms with Gasteiger partial charge in [0.15, 0.2) is 0 Å². The molecule has 18 heavy (non-hydrogen) atoms. The normalized spacial score (nSPS) is 16.1. The Bertz CT molecular complexity index is 530. The number of hydrogen-bond donors (Lipinski definition) is 1. The number of carbonyl (C=O) groups is 2. The third-order valence-corrected chi connectivity index (χ3v) is 2.84. The van der Waals surface area contributed by atoms with Crippen LogP contribution >= 0.6 is 15.9 Å². The summed E-state index contributed by atoms with van der Waals surface area (Å²) in [6, 6.07) is 2.53. The van der Waals surface area contributed by atoms with Crippen LogP contribution in [0.3, 0.4) is 0 Å². The molecule has 8 heteroatoms. The molecule has 2 rings (SSSR count). The molecule has 4 nitrogen and oxygen atoms in total. The predicted molar refractivity (Wildman–Crippen MR) is 60.0 cm³/mol. The summed E-state index contributed by atoms with van der Waals surface area (Å²) in [4.78, 5) is 23.1. The highest BCUT2D eigenvalue weighted by atomic mass is 79.9. The summed E-state index contributed by atoms with van der Waals surface area (Å²) in [7, 11) is 0. The maximum atomic E-state index is 12.8. The van der Waals surface area contributed by atoms with Crippen molar-refractivity contribution in [3.05, 3.63) is 28.2 Å². The number of imide groups is 1. The van der Waals surface area contributed by atoms with Crippen LogP contribution in [0.1, 0.15) is 5.56 Å². The molecule has 0 aliphatic carbocycles. The van der Waals surface area contributed by atoms with Gasteiger partial charge in [-0.1, -0.05) is 15.9 Å². The fourth-order valence-electron chi connectivity index (χ4n) is 1.61. The number of anilines is 1. The van der Waals surface area contributed by atoms with Gasteiger partial charge in [0.25, 0.3) is 0 Å². The van der Waals surface area contributed by atoms with Crippen LogP contribution in [0.5, 0.6) is 0 Å². The highest BCUT2D eigenvalue weighted by Crippen LogP contribution is 2.38. The van der Waals surface area contributed by atoms with Gasteiger partial charge < -0.3 is 0 Å². The Labute approximate surface area is 108 Å². The van der Waals surface area contributed by atoms with Crippen molar-refractivity contribution < 1.29 is 22.8 Å². The molecule has 1 aromatic rings. The smallest absolute Gasteiger partial charge is 0.284 e. The summed E-state index contributed by atoms with van der Waals surface area (Å²) in [5, 5.41) is 1.93. The molecule has 1 aliphatic heterocycles. The molecule has 1 N–H and O–H groups in total. The minimum atomic E-state index is -4.61. The second kappa shape index (κ2) is 4.27. The number of urea groups is 1. The Morgan fingerprint density at radius 2 is 1.94 bits per heavy atom. The second-order valence-electron chi connectivity index (χ2n) is 3.60. The molecule has 0 spiro atoms. The molecular weight excluding hydrogens is 317 g/mol. The Balaban J connectivity index is 2.51. The first-order valence-corrected chi connectivity index (χ1v) is 5.56. The van der Waals surface area contributed by atoms with E-state index in [0.29, 0.717) is 0 Å². The van der Waals surface area contributed by atoms with Gasteiger partial charge in [-0.3, -0.25) is 15.0 Å². The topological polar surface area (TPSA) is 49.4 Å². The summed E-state index contributed by atoms with van der Waals surface area (Å²) in [6.45, 7) is -0.413. The van der Waals surface area contributed by atoms with Crippen LogP contribution < -0.4 is 10.2 Å². The first-order chi connectivity index (χ1) is 8.29. The molecule has 1 saturated heterocycles. The van der Waals surface area contributed by atoms with E-state index in [1.54, 1.807) is 0 Å². The van der Waals surface area contributed by atoms with Crippen molar-refractivity contribution in [1.29, 1.82) is 0 Å². The van der Waals surface area contributed by atoms with E-state index in [9.17, 15) is 22.8 Å². The summed E-state index contributed by atoms with van der Waals surface area (Å²) < 4.78 is 38.8. The summed E-state index contributed by atoms with van der Waals surface area (Å²) in [6.07, 6.45) is -4.61.